The Bertz CT molecular complexity index is 6520. The summed E-state index contributed by atoms with van der Waals surface area (Å²) in [5.74, 6) is 0.121. The number of fused-ring (bicyclic) bond motifs is 23. The molecule has 0 saturated heterocycles. The van der Waals surface area contributed by atoms with Gasteiger partial charge in [0.15, 0.2) is 0 Å². The summed E-state index contributed by atoms with van der Waals surface area (Å²) in [6, 6.07) is 96.3. The Hall–Kier alpha value is -10.5. The molecular formula is C120H124O2. The van der Waals surface area contributed by atoms with Crippen LogP contribution in [-0.4, -0.2) is 0 Å². The van der Waals surface area contributed by atoms with E-state index in [2.05, 4.69) is 319 Å². The van der Waals surface area contributed by atoms with Crippen LogP contribution >= 0.6 is 0 Å². The highest BCUT2D eigenvalue weighted by molar-refractivity contribution is 6.19. The molecule has 2 heterocycles. The standard InChI is InChI=1S/C120H124O2/c1-12-16-20-24-34-63-119(64-35-25-21-17-13-2)98-44-31-28-41-86(98)89-59-54-83(72-106(89)119)82-53-58-88-87-57-52-81(70-100(87)117(8,9)101(88)71-82)79-48-50-80(51-49-79)95-74-107-111(114-93-43-30-33-46-109(93)122-115(95)114)91-56-47-78(69-105(91)120(107,65-36-26-22-18-14-3)66-37-27-23-19-15-4)68-94(84-40-38-39-77(5)67-84)85-55-60-90-96-75-104-97(76-103(96)118(10,11)102(90)73-85)112-99(116(104,6)7)61-62-110-113(112)92-42-29-32-45-108(92)121-110/h28-33,38-62,67,69-76,94H,12-27,34-37,63-66,68H2,1-11H3. The van der Waals surface area contributed by atoms with Crippen molar-refractivity contribution in [3.63, 3.8) is 0 Å². The normalized spacial score (nSPS) is 15.5. The van der Waals surface area contributed by atoms with Gasteiger partial charge in [-0.1, -0.05) is 391 Å². The van der Waals surface area contributed by atoms with Crippen molar-refractivity contribution in [1.29, 1.82) is 0 Å². The Morgan fingerprint density at radius 2 is 0.697 bits per heavy atom. The van der Waals surface area contributed by atoms with Crippen LogP contribution < -0.4 is 0 Å². The first kappa shape index (κ1) is 79.9. The van der Waals surface area contributed by atoms with Crippen LogP contribution in [-0.2, 0) is 33.5 Å². The summed E-state index contributed by atoms with van der Waals surface area (Å²) < 4.78 is 13.9. The molecule has 0 N–H and O–H groups in total. The number of benzene rings is 13. The topological polar surface area (TPSA) is 26.3 Å². The molecule has 0 spiro atoms. The molecule has 1 atom stereocenters. The van der Waals surface area contributed by atoms with E-state index < -0.39 is 0 Å². The van der Waals surface area contributed by atoms with E-state index in [-0.39, 0.29) is 33.0 Å². The molecule has 2 aromatic heterocycles. The van der Waals surface area contributed by atoms with Gasteiger partial charge in [-0.2, -0.15) is 0 Å². The number of unbranched alkanes of at least 4 members (excludes halogenated alkanes) is 16. The highest BCUT2D eigenvalue weighted by Gasteiger charge is 2.48. The quantitative estimate of drug-likeness (QED) is 0.0405. The molecule has 0 amide bonds. The Balaban J connectivity index is 0.648. The van der Waals surface area contributed by atoms with Gasteiger partial charge in [-0.15, -0.1) is 0 Å². The van der Waals surface area contributed by atoms with Gasteiger partial charge >= 0.3 is 0 Å². The number of furan rings is 2. The Morgan fingerprint density at radius 1 is 0.262 bits per heavy atom. The molecule has 1 unspecified atom stereocenters. The first-order valence-electron chi connectivity index (χ1n) is 47.6. The summed E-state index contributed by atoms with van der Waals surface area (Å²) in [7, 11) is 0. The fourth-order valence-electron chi connectivity index (χ4n) is 24.3. The maximum Gasteiger partial charge on any atom is 0.143 e. The number of aryl methyl sites for hydroxylation is 1. The van der Waals surface area contributed by atoms with Crippen molar-refractivity contribution in [1.82, 2.24) is 0 Å². The molecule has 0 fully saturated rings. The highest BCUT2D eigenvalue weighted by Crippen LogP contribution is 2.63. The van der Waals surface area contributed by atoms with Crippen molar-refractivity contribution in [3.8, 4) is 89.0 Å². The molecule has 13 aromatic carbocycles. The SMILES string of the molecule is CCCCCCCC1(CCCCCCC)c2ccccc2-c2ccc(-c3ccc4c(c3)C(C)(C)c3cc(-c5ccc(-c6cc7c(c8c6oc6ccccc68)-c6ccc(CC(c8cccc(C)c8)c8ccc9c(c8)C(C)(C)c8cc%10c(cc8-9)C(C)(C)c8ccc9oc%11ccccc%11c9c8-%10)cc6C7(CCCCCCC)CCCCCCC)cc5)ccc3-4)cc21. The van der Waals surface area contributed by atoms with Gasteiger partial charge in [-0.05, 0) is 249 Å². The summed E-state index contributed by atoms with van der Waals surface area (Å²) in [6.45, 7) is 26.4. The van der Waals surface area contributed by atoms with Gasteiger partial charge in [-0.3, -0.25) is 0 Å². The molecule has 2 heteroatoms. The third-order valence-electron chi connectivity index (χ3n) is 31.0. The van der Waals surface area contributed by atoms with Crippen LogP contribution in [0.1, 0.15) is 307 Å². The smallest absolute Gasteiger partial charge is 0.143 e. The van der Waals surface area contributed by atoms with Crippen LogP contribution in [0, 0.1) is 6.92 Å². The van der Waals surface area contributed by atoms with Gasteiger partial charge in [-0.25, -0.2) is 0 Å². The molecule has 0 saturated carbocycles. The lowest BCUT2D eigenvalue weighted by atomic mass is 9.69. The average Bonchev–Trinajstić information content (AvgIpc) is 1.53. The lowest BCUT2D eigenvalue weighted by molar-refractivity contribution is 0.399. The van der Waals surface area contributed by atoms with Crippen molar-refractivity contribution >= 4 is 43.9 Å². The first-order valence-corrected chi connectivity index (χ1v) is 47.6. The molecule has 2 nitrogen and oxygen atoms in total. The number of hydrogen-bond donors (Lipinski definition) is 0. The van der Waals surface area contributed by atoms with Gasteiger partial charge in [0.05, 0.1) is 0 Å². The Labute approximate surface area is 727 Å². The van der Waals surface area contributed by atoms with E-state index >= 15 is 0 Å². The van der Waals surface area contributed by atoms with E-state index in [0.717, 1.165) is 41.6 Å². The van der Waals surface area contributed by atoms with Crippen molar-refractivity contribution in [3.05, 3.63) is 321 Å². The van der Waals surface area contributed by atoms with Crippen LogP contribution in [0.5, 0.6) is 0 Å². The minimum Gasteiger partial charge on any atom is -0.456 e. The van der Waals surface area contributed by atoms with Crippen molar-refractivity contribution in [2.45, 2.75) is 270 Å². The van der Waals surface area contributed by atoms with Gasteiger partial charge < -0.3 is 8.83 Å². The second kappa shape index (κ2) is 32.0. The monoisotopic (exact) mass is 1600 g/mol. The van der Waals surface area contributed by atoms with Gasteiger partial charge in [0, 0.05) is 60.1 Å². The number of para-hydroxylation sites is 2. The van der Waals surface area contributed by atoms with Crippen LogP contribution in [0.3, 0.4) is 0 Å². The van der Waals surface area contributed by atoms with E-state index in [9.17, 15) is 0 Å². The van der Waals surface area contributed by atoms with Crippen molar-refractivity contribution in [2.24, 2.45) is 0 Å². The van der Waals surface area contributed by atoms with Gasteiger partial charge in [0.1, 0.15) is 22.3 Å². The van der Waals surface area contributed by atoms with E-state index in [1.807, 2.05) is 0 Å². The molecule has 616 valence electrons. The zero-order valence-electron chi connectivity index (χ0n) is 74.7. The second-order valence-corrected chi connectivity index (χ2v) is 39.5. The average molecular weight is 1600 g/mol. The van der Waals surface area contributed by atoms with Crippen LogP contribution in [0.15, 0.2) is 251 Å². The predicted octanol–water partition coefficient (Wildman–Crippen LogP) is 35.1. The summed E-state index contributed by atoms with van der Waals surface area (Å²) in [6.07, 6.45) is 31.1. The highest BCUT2D eigenvalue weighted by atomic mass is 16.3. The lowest BCUT2D eigenvalue weighted by Crippen LogP contribution is -2.26. The molecule has 15 aromatic rings. The summed E-state index contributed by atoms with van der Waals surface area (Å²) in [4.78, 5) is 0. The number of hydrogen-bond acceptors (Lipinski definition) is 2. The molecule has 0 radical (unpaired) electrons. The largest absolute Gasteiger partial charge is 0.456 e. The van der Waals surface area contributed by atoms with Crippen LogP contribution in [0.4, 0.5) is 0 Å². The minimum absolute atomic E-state index is 0.0447. The molecule has 122 heavy (non-hydrogen) atoms. The second-order valence-electron chi connectivity index (χ2n) is 39.5. The summed E-state index contributed by atoms with van der Waals surface area (Å²) in [5, 5.41) is 4.91. The first-order chi connectivity index (χ1) is 59.5. The molecule has 0 aliphatic heterocycles. The van der Waals surface area contributed by atoms with E-state index in [4.69, 9.17) is 8.83 Å². The van der Waals surface area contributed by atoms with Crippen molar-refractivity contribution in [2.75, 3.05) is 0 Å². The molecule has 20 rings (SSSR count). The van der Waals surface area contributed by atoms with Gasteiger partial charge in [0.25, 0.3) is 0 Å². The Kier molecular flexibility index (Phi) is 20.9. The zero-order valence-corrected chi connectivity index (χ0v) is 74.7. The molecule has 0 bridgehead atoms. The fraction of sp³-hybridized carbons (Fsp3) is 0.350. The number of rotatable bonds is 31. The summed E-state index contributed by atoms with van der Waals surface area (Å²) >= 11 is 0. The van der Waals surface area contributed by atoms with Crippen LogP contribution in [0.2, 0.25) is 0 Å². The maximum atomic E-state index is 7.36. The minimum atomic E-state index is -0.239. The molecule has 5 aliphatic carbocycles. The lowest BCUT2D eigenvalue weighted by Gasteiger charge is -2.34. The molecular weight excluding hydrogens is 1470 g/mol. The zero-order chi connectivity index (χ0) is 83.4. The summed E-state index contributed by atoms with van der Waals surface area (Å²) in [5.41, 5.74) is 44.6. The predicted molar refractivity (Wildman–Crippen MR) is 519 cm³/mol. The molecule has 5 aliphatic rings. The van der Waals surface area contributed by atoms with Crippen LogP contribution in [0.25, 0.3) is 133 Å². The fourth-order valence-corrected chi connectivity index (χ4v) is 24.3. The third kappa shape index (κ3) is 13.2. The van der Waals surface area contributed by atoms with E-state index in [0.29, 0.717) is 0 Å². The van der Waals surface area contributed by atoms with Crippen molar-refractivity contribution < 1.29 is 8.83 Å². The van der Waals surface area contributed by atoms with E-state index in [1.54, 1.807) is 11.1 Å². The maximum absolute atomic E-state index is 7.36. The third-order valence-corrected chi connectivity index (χ3v) is 31.0. The Morgan fingerprint density at radius 3 is 1.32 bits per heavy atom. The van der Waals surface area contributed by atoms with Gasteiger partial charge in [0.2, 0.25) is 0 Å². The van der Waals surface area contributed by atoms with E-state index in [1.165, 1.54) is 319 Å².